The minimum Gasteiger partial charge on any atom is -0.346 e. The number of hydrogen-bond acceptors (Lipinski definition) is 3. The largest absolute Gasteiger partial charge is 0.346 e. The lowest BCUT2D eigenvalue weighted by Crippen LogP contribution is -2.04. The van der Waals surface area contributed by atoms with Crippen LogP contribution in [0, 0.1) is 11.3 Å². The highest BCUT2D eigenvalue weighted by atomic mass is 32.2. The lowest BCUT2D eigenvalue weighted by atomic mass is 10.2. The third-order valence-corrected chi connectivity index (χ3v) is 3.64. The fourth-order valence-electron chi connectivity index (χ4n) is 1.24. The van der Waals surface area contributed by atoms with Crippen LogP contribution in [0.15, 0.2) is 24.5 Å². The molecule has 21 heavy (non-hydrogen) atoms. The predicted molar refractivity (Wildman–Crippen MR) is 94.6 cm³/mol. The molecule has 4 heteroatoms. The van der Waals surface area contributed by atoms with Crippen molar-refractivity contribution in [1.29, 1.82) is 5.26 Å². The van der Waals surface area contributed by atoms with Gasteiger partial charge in [-0.1, -0.05) is 41.0 Å². The summed E-state index contributed by atoms with van der Waals surface area (Å²) in [5.41, 5.74) is 1.86. The van der Waals surface area contributed by atoms with Gasteiger partial charge in [-0.15, -0.1) is 0 Å². The zero-order chi connectivity index (χ0) is 16.3. The Bertz CT molecular complexity index is 547. The number of nitrogens with one attached hydrogen (secondary N) is 1. The standard InChI is InChI=1S/C9H7N3.C5H12S.C3H8/c10-4-3-7-6-12-9-8(7)2-1-5-11-9;1-5(2,3)6-4;1-3-2/h1-2,5-6H,3H2,(H,11,12);1-4H3;3H2,1-2H3. The maximum absolute atomic E-state index is 8.51. The van der Waals surface area contributed by atoms with Gasteiger partial charge < -0.3 is 4.98 Å². The molecule has 0 radical (unpaired) electrons. The van der Waals surface area contributed by atoms with Crippen LogP contribution in [-0.2, 0) is 6.42 Å². The van der Waals surface area contributed by atoms with Crippen molar-refractivity contribution in [3.8, 4) is 6.07 Å². The normalized spacial score (nSPS) is 9.95. The third kappa shape index (κ3) is 8.41. The first-order valence-corrected chi connectivity index (χ1v) is 8.45. The molecule has 0 bridgehead atoms. The van der Waals surface area contributed by atoms with Crippen LogP contribution in [0.1, 0.15) is 46.6 Å². The minimum atomic E-state index is 0.436. The van der Waals surface area contributed by atoms with Crippen LogP contribution in [0.25, 0.3) is 11.0 Å². The molecule has 0 amide bonds. The number of aromatic nitrogens is 2. The topological polar surface area (TPSA) is 52.5 Å². The van der Waals surface area contributed by atoms with Crippen molar-refractivity contribution < 1.29 is 0 Å². The second-order valence-corrected chi connectivity index (χ2v) is 7.20. The average Bonchev–Trinajstić information content (AvgIpc) is 2.84. The number of aromatic amines is 1. The third-order valence-electron chi connectivity index (χ3n) is 2.42. The monoisotopic (exact) mass is 305 g/mol. The van der Waals surface area contributed by atoms with Gasteiger partial charge in [0.15, 0.2) is 0 Å². The number of nitriles is 1. The van der Waals surface area contributed by atoms with Crippen molar-refractivity contribution in [1.82, 2.24) is 9.97 Å². The summed E-state index contributed by atoms with van der Waals surface area (Å²) in [6, 6.07) is 5.95. The molecule has 3 nitrogen and oxygen atoms in total. The van der Waals surface area contributed by atoms with Gasteiger partial charge in [0.05, 0.1) is 12.5 Å². The second kappa shape index (κ2) is 10.3. The maximum Gasteiger partial charge on any atom is 0.137 e. The maximum atomic E-state index is 8.51. The highest BCUT2D eigenvalue weighted by molar-refractivity contribution is 7.99. The summed E-state index contributed by atoms with van der Waals surface area (Å²) in [5, 5.41) is 9.55. The summed E-state index contributed by atoms with van der Waals surface area (Å²) in [4.78, 5) is 7.13. The summed E-state index contributed by atoms with van der Waals surface area (Å²) in [7, 11) is 0. The molecule has 0 spiro atoms. The van der Waals surface area contributed by atoms with Gasteiger partial charge in [0.25, 0.3) is 0 Å². The Labute approximate surface area is 133 Å². The minimum absolute atomic E-state index is 0.436. The number of nitrogens with zero attached hydrogens (tertiary/aromatic N) is 2. The molecule has 0 aromatic carbocycles. The van der Waals surface area contributed by atoms with E-state index in [4.69, 9.17) is 5.26 Å². The molecule has 2 aromatic rings. The Morgan fingerprint density at radius 1 is 1.33 bits per heavy atom. The summed E-state index contributed by atoms with van der Waals surface area (Å²) >= 11 is 1.88. The molecule has 116 valence electrons. The molecule has 0 aliphatic carbocycles. The summed E-state index contributed by atoms with van der Waals surface area (Å²) in [6.07, 6.45) is 7.38. The zero-order valence-electron chi connectivity index (χ0n) is 14.0. The van der Waals surface area contributed by atoms with E-state index in [2.05, 4.69) is 56.9 Å². The fraction of sp³-hybridized carbons (Fsp3) is 0.529. The molecular weight excluding hydrogens is 278 g/mol. The van der Waals surface area contributed by atoms with Gasteiger partial charge in [-0.05, 0) is 24.0 Å². The highest BCUT2D eigenvalue weighted by Gasteiger charge is 2.04. The molecular formula is C17H27N3S. The van der Waals surface area contributed by atoms with Gasteiger partial charge in [-0.3, -0.25) is 0 Å². The molecule has 2 aromatic heterocycles. The van der Waals surface area contributed by atoms with Crippen molar-refractivity contribution in [3.05, 3.63) is 30.1 Å². The molecule has 0 aliphatic heterocycles. The Morgan fingerprint density at radius 3 is 2.38 bits per heavy atom. The fourth-order valence-corrected chi connectivity index (χ4v) is 1.24. The number of thioether (sulfide) groups is 1. The van der Waals surface area contributed by atoms with E-state index in [1.54, 1.807) is 6.20 Å². The molecule has 0 fully saturated rings. The average molecular weight is 305 g/mol. The van der Waals surface area contributed by atoms with Gasteiger partial charge in [-0.2, -0.15) is 17.0 Å². The summed E-state index contributed by atoms with van der Waals surface area (Å²) in [5.74, 6) is 0. The molecule has 0 unspecified atom stereocenters. The van der Waals surface area contributed by atoms with Crippen LogP contribution in [0.2, 0.25) is 0 Å². The number of pyridine rings is 1. The molecule has 0 aliphatic rings. The molecule has 0 saturated heterocycles. The van der Waals surface area contributed by atoms with Gasteiger partial charge in [-0.25, -0.2) is 4.98 Å². The van der Waals surface area contributed by atoms with E-state index in [9.17, 15) is 0 Å². The summed E-state index contributed by atoms with van der Waals surface area (Å²) in [6.45, 7) is 10.9. The van der Waals surface area contributed by atoms with Crippen molar-refractivity contribution in [2.24, 2.45) is 0 Å². The van der Waals surface area contributed by atoms with Crippen LogP contribution in [0.3, 0.4) is 0 Å². The SMILES string of the molecule is CCC.CSC(C)(C)C.N#CCc1c[nH]c2ncccc12. The first kappa shape index (κ1) is 19.5. The van der Waals surface area contributed by atoms with Crippen LogP contribution in [-0.4, -0.2) is 21.0 Å². The lowest BCUT2D eigenvalue weighted by molar-refractivity contribution is 0.806. The van der Waals surface area contributed by atoms with Crippen LogP contribution in [0.5, 0.6) is 0 Å². The van der Waals surface area contributed by atoms with E-state index in [-0.39, 0.29) is 0 Å². The smallest absolute Gasteiger partial charge is 0.137 e. The number of fused-ring (bicyclic) bond motifs is 1. The van der Waals surface area contributed by atoms with E-state index in [0.29, 0.717) is 11.2 Å². The van der Waals surface area contributed by atoms with Gasteiger partial charge >= 0.3 is 0 Å². The molecule has 2 heterocycles. The molecule has 1 N–H and O–H groups in total. The second-order valence-electron chi connectivity index (χ2n) is 5.57. The van der Waals surface area contributed by atoms with E-state index < -0.39 is 0 Å². The van der Waals surface area contributed by atoms with Gasteiger partial charge in [0, 0.05) is 22.5 Å². The van der Waals surface area contributed by atoms with Crippen molar-refractivity contribution in [2.45, 2.75) is 52.2 Å². The number of rotatable bonds is 1. The van der Waals surface area contributed by atoms with Gasteiger partial charge in [0.2, 0.25) is 0 Å². The van der Waals surface area contributed by atoms with E-state index in [0.717, 1.165) is 16.6 Å². The number of hydrogen-bond donors (Lipinski definition) is 1. The van der Waals surface area contributed by atoms with Crippen molar-refractivity contribution in [2.75, 3.05) is 6.26 Å². The van der Waals surface area contributed by atoms with Crippen LogP contribution < -0.4 is 0 Å². The Balaban J connectivity index is 0.000000378. The Morgan fingerprint density at radius 2 is 1.90 bits per heavy atom. The zero-order valence-corrected chi connectivity index (χ0v) is 14.8. The first-order valence-electron chi connectivity index (χ1n) is 7.22. The Hall–Kier alpha value is -1.47. The van der Waals surface area contributed by atoms with E-state index >= 15 is 0 Å². The van der Waals surface area contributed by atoms with Crippen molar-refractivity contribution in [3.63, 3.8) is 0 Å². The van der Waals surface area contributed by atoms with E-state index in [1.807, 2.05) is 30.1 Å². The first-order chi connectivity index (χ1) is 9.89. The Kier molecular flexibility index (Phi) is 9.56. The molecule has 2 rings (SSSR count). The quantitative estimate of drug-likeness (QED) is 0.788. The lowest BCUT2D eigenvalue weighted by Gasteiger charge is -2.12. The van der Waals surface area contributed by atoms with Crippen LogP contribution >= 0.6 is 11.8 Å². The molecule has 0 atom stereocenters. The molecule has 0 saturated carbocycles. The van der Waals surface area contributed by atoms with Crippen LogP contribution in [0.4, 0.5) is 0 Å². The summed E-state index contributed by atoms with van der Waals surface area (Å²) < 4.78 is 0.458. The van der Waals surface area contributed by atoms with E-state index in [1.165, 1.54) is 6.42 Å². The van der Waals surface area contributed by atoms with Crippen molar-refractivity contribution >= 4 is 22.8 Å². The van der Waals surface area contributed by atoms with Gasteiger partial charge in [0.1, 0.15) is 5.65 Å². The number of H-pyrrole nitrogens is 1. The predicted octanol–water partition coefficient (Wildman–Crippen LogP) is 5.19. The highest BCUT2D eigenvalue weighted by Crippen LogP contribution is 2.18.